The van der Waals surface area contributed by atoms with Crippen molar-refractivity contribution in [2.75, 3.05) is 39.6 Å². The molecule has 2 spiro atoms. The largest absolute Gasteiger partial charge is 0.396 e. The maximum atomic E-state index is 9.50. The van der Waals surface area contributed by atoms with Gasteiger partial charge in [-0.25, -0.2) is 0 Å². The first-order chi connectivity index (χ1) is 13.3. The van der Waals surface area contributed by atoms with E-state index in [9.17, 15) is 10.2 Å². The monoisotopic (exact) mass is 398 g/mol. The summed E-state index contributed by atoms with van der Waals surface area (Å²) in [5.41, 5.74) is -0.516. The highest BCUT2D eigenvalue weighted by Gasteiger charge is 2.48. The third-order valence-corrected chi connectivity index (χ3v) is 7.75. The summed E-state index contributed by atoms with van der Waals surface area (Å²) in [6.45, 7) is 6.59. The second kappa shape index (κ2) is 7.78. The van der Waals surface area contributed by atoms with E-state index in [0.29, 0.717) is 26.4 Å². The topological polar surface area (TPSA) is 77.4 Å². The van der Waals surface area contributed by atoms with E-state index in [1.165, 1.54) is 0 Å². The van der Waals surface area contributed by atoms with Crippen LogP contribution in [0.1, 0.15) is 65.2 Å². The fraction of sp³-hybridized carbons (Fsp3) is 1.00. The molecule has 0 unspecified atom stereocenters. The minimum atomic E-state index is -0.411. The van der Waals surface area contributed by atoms with Gasteiger partial charge in [-0.3, -0.25) is 0 Å². The molecule has 2 saturated carbocycles. The standard InChI is InChI=1S/C22H38O6/c1-19(11-23)13-25-21(26-14-19)7-3-17(4-8-21)18-5-9-22(10-6-18)27-15-20(2,12-24)16-28-22/h17-18,23-24H,3-16H2,1-2H3. The van der Waals surface area contributed by atoms with Gasteiger partial charge in [0.25, 0.3) is 0 Å². The van der Waals surface area contributed by atoms with Crippen LogP contribution >= 0.6 is 0 Å². The van der Waals surface area contributed by atoms with E-state index in [1.807, 2.05) is 13.8 Å². The SMILES string of the molecule is CC1(CO)COC2(CCC(C3CCC4(CC3)OCC(C)(CO)CO4)CC2)OC1. The predicted molar refractivity (Wildman–Crippen MR) is 104 cm³/mol. The number of aliphatic hydroxyl groups excluding tert-OH is 2. The Bertz CT molecular complexity index is 465. The van der Waals surface area contributed by atoms with Gasteiger partial charge < -0.3 is 29.2 Å². The third-order valence-electron chi connectivity index (χ3n) is 7.75. The van der Waals surface area contributed by atoms with E-state index in [-0.39, 0.29) is 24.0 Å². The summed E-state index contributed by atoms with van der Waals surface area (Å²) in [5.74, 6) is 0.636. The molecule has 2 N–H and O–H groups in total. The molecule has 4 aliphatic rings. The van der Waals surface area contributed by atoms with Crippen LogP contribution in [0, 0.1) is 22.7 Å². The molecule has 0 aromatic rings. The van der Waals surface area contributed by atoms with Gasteiger partial charge in [0.15, 0.2) is 11.6 Å². The van der Waals surface area contributed by atoms with Gasteiger partial charge in [0.1, 0.15) is 0 Å². The summed E-state index contributed by atoms with van der Waals surface area (Å²) in [4.78, 5) is 0. The first-order valence-corrected chi connectivity index (χ1v) is 11.1. The molecule has 2 heterocycles. The number of ether oxygens (including phenoxy) is 4. The van der Waals surface area contributed by atoms with Gasteiger partial charge in [-0.05, 0) is 37.5 Å². The second-order valence-corrected chi connectivity index (χ2v) is 10.6. The Balaban J connectivity index is 1.24. The highest BCUT2D eigenvalue weighted by atomic mass is 16.7. The molecule has 0 radical (unpaired) electrons. The van der Waals surface area contributed by atoms with Crippen LogP contribution in [0.3, 0.4) is 0 Å². The van der Waals surface area contributed by atoms with Gasteiger partial charge in [0, 0.05) is 36.5 Å². The fourth-order valence-electron chi connectivity index (χ4n) is 5.25. The van der Waals surface area contributed by atoms with Gasteiger partial charge in [0.2, 0.25) is 0 Å². The number of aliphatic hydroxyl groups is 2. The molecular weight excluding hydrogens is 360 g/mol. The Morgan fingerprint density at radius 3 is 1.14 bits per heavy atom. The first-order valence-electron chi connectivity index (χ1n) is 11.1. The fourth-order valence-corrected chi connectivity index (χ4v) is 5.25. The van der Waals surface area contributed by atoms with Crippen molar-refractivity contribution >= 4 is 0 Å². The smallest absolute Gasteiger partial charge is 0.168 e. The molecular formula is C22H38O6. The summed E-state index contributed by atoms with van der Waals surface area (Å²) >= 11 is 0. The molecule has 162 valence electrons. The van der Waals surface area contributed by atoms with E-state index in [2.05, 4.69) is 0 Å². The molecule has 28 heavy (non-hydrogen) atoms. The van der Waals surface area contributed by atoms with Crippen molar-refractivity contribution in [1.29, 1.82) is 0 Å². The van der Waals surface area contributed by atoms with E-state index < -0.39 is 11.6 Å². The van der Waals surface area contributed by atoms with Crippen LogP contribution in [0.4, 0.5) is 0 Å². The average Bonchev–Trinajstić information content (AvgIpc) is 2.74. The van der Waals surface area contributed by atoms with Crippen LogP contribution in [-0.4, -0.2) is 61.4 Å². The van der Waals surface area contributed by atoms with Gasteiger partial charge >= 0.3 is 0 Å². The lowest BCUT2D eigenvalue weighted by atomic mass is 9.70. The summed E-state index contributed by atoms with van der Waals surface area (Å²) in [6, 6.07) is 0. The molecule has 2 saturated heterocycles. The highest BCUT2D eigenvalue weighted by molar-refractivity contribution is 4.92. The van der Waals surface area contributed by atoms with Gasteiger partial charge in [-0.15, -0.1) is 0 Å². The van der Waals surface area contributed by atoms with Crippen molar-refractivity contribution in [1.82, 2.24) is 0 Å². The second-order valence-electron chi connectivity index (χ2n) is 10.6. The van der Waals surface area contributed by atoms with Crippen molar-refractivity contribution in [3.05, 3.63) is 0 Å². The molecule has 0 atom stereocenters. The molecule has 2 aliphatic heterocycles. The van der Waals surface area contributed by atoms with Crippen molar-refractivity contribution in [3.63, 3.8) is 0 Å². The Labute approximate surface area is 168 Å². The molecule has 6 heteroatoms. The molecule has 0 amide bonds. The Hall–Kier alpha value is -0.240. The summed E-state index contributed by atoms with van der Waals surface area (Å²) < 4.78 is 24.5. The maximum Gasteiger partial charge on any atom is 0.168 e. The van der Waals surface area contributed by atoms with Crippen LogP contribution < -0.4 is 0 Å². The minimum Gasteiger partial charge on any atom is -0.396 e. The number of hydrogen-bond acceptors (Lipinski definition) is 6. The van der Waals surface area contributed by atoms with Crippen molar-refractivity contribution in [3.8, 4) is 0 Å². The van der Waals surface area contributed by atoms with Gasteiger partial charge in [-0.2, -0.15) is 0 Å². The lowest BCUT2D eigenvalue weighted by Crippen LogP contribution is -2.53. The lowest BCUT2D eigenvalue weighted by molar-refractivity contribution is -0.325. The number of hydrogen-bond donors (Lipinski definition) is 2. The molecule has 0 aromatic carbocycles. The molecule has 0 aromatic heterocycles. The first kappa shape index (κ1) is 21.0. The Kier molecular flexibility index (Phi) is 5.84. The van der Waals surface area contributed by atoms with Crippen molar-refractivity contribution in [2.45, 2.75) is 76.8 Å². The van der Waals surface area contributed by atoms with Gasteiger partial charge in [0.05, 0.1) is 39.6 Å². The molecule has 4 rings (SSSR count). The van der Waals surface area contributed by atoms with Crippen LogP contribution in [-0.2, 0) is 18.9 Å². The van der Waals surface area contributed by atoms with E-state index >= 15 is 0 Å². The van der Waals surface area contributed by atoms with Crippen LogP contribution in [0.2, 0.25) is 0 Å². The van der Waals surface area contributed by atoms with Crippen molar-refractivity contribution < 1.29 is 29.2 Å². The van der Waals surface area contributed by atoms with Crippen LogP contribution in [0.25, 0.3) is 0 Å². The van der Waals surface area contributed by atoms with Crippen molar-refractivity contribution in [2.24, 2.45) is 22.7 Å². The zero-order valence-electron chi connectivity index (χ0n) is 17.6. The lowest BCUT2D eigenvalue weighted by Gasteiger charge is -2.50. The van der Waals surface area contributed by atoms with Crippen LogP contribution in [0.5, 0.6) is 0 Å². The zero-order valence-corrected chi connectivity index (χ0v) is 17.6. The minimum absolute atomic E-state index is 0.108. The summed E-state index contributed by atoms with van der Waals surface area (Å²) in [7, 11) is 0. The molecule has 6 nitrogen and oxygen atoms in total. The van der Waals surface area contributed by atoms with Crippen LogP contribution in [0.15, 0.2) is 0 Å². The summed E-state index contributed by atoms with van der Waals surface area (Å²) in [5, 5.41) is 19.0. The Morgan fingerprint density at radius 1 is 0.607 bits per heavy atom. The molecule has 4 fully saturated rings. The predicted octanol–water partition coefficient (Wildman–Crippen LogP) is 2.85. The van der Waals surface area contributed by atoms with E-state index in [1.54, 1.807) is 0 Å². The van der Waals surface area contributed by atoms with E-state index in [0.717, 1.165) is 63.2 Å². The third kappa shape index (κ3) is 4.14. The maximum absolute atomic E-state index is 9.50. The summed E-state index contributed by atoms with van der Waals surface area (Å²) in [6.07, 6.45) is 8.45. The zero-order chi connectivity index (χ0) is 19.9. The average molecular weight is 399 g/mol. The normalized spacial score (nSPS) is 50.1. The van der Waals surface area contributed by atoms with E-state index in [4.69, 9.17) is 18.9 Å². The molecule has 0 bridgehead atoms. The highest BCUT2D eigenvalue weighted by Crippen LogP contribution is 2.48. The van der Waals surface area contributed by atoms with Gasteiger partial charge in [-0.1, -0.05) is 13.8 Å². The molecule has 2 aliphatic carbocycles. The quantitative estimate of drug-likeness (QED) is 0.761. The Morgan fingerprint density at radius 2 is 0.893 bits per heavy atom. The number of rotatable bonds is 3.